The molecule has 0 aliphatic carbocycles. The summed E-state index contributed by atoms with van der Waals surface area (Å²) in [6.07, 6.45) is 0.405. The zero-order chi connectivity index (χ0) is 17.7. The van der Waals surface area contributed by atoms with E-state index in [0.29, 0.717) is 12.0 Å². The molecule has 0 saturated carbocycles. The predicted molar refractivity (Wildman–Crippen MR) is 79.2 cm³/mol. The molecule has 0 bridgehead atoms. The summed E-state index contributed by atoms with van der Waals surface area (Å²) in [5.41, 5.74) is 0.388. The zero-order valence-corrected chi connectivity index (χ0v) is 12.7. The smallest absolute Gasteiger partial charge is 0.387 e. The fraction of sp³-hybridized carbons (Fsp3) is 0.250. The van der Waals surface area contributed by atoms with Crippen LogP contribution in [0.5, 0.6) is 5.75 Å². The second-order valence-electron chi connectivity index (χ2n) is 4.82. The molecule has 6 nitrogen and oxygen atoms in total. The summed E-state index contributed by atoms with van der Waals surface area (Å²) in [7, 11) is 0. The van der Waals surface area contributed by atoms with Gasteiger partial charge in [0.1, 0.15) is 5.75 Å². The average molecular weight is 339 g/mol. The van der Waals surface area contributed by atoms with Gasteiger partial charge < -0.3 is 19.6 Å². The van der Waals surface area contributed by atoms with E-state index in [1.807, 2.05) is 0 Å². The van der Waals surface area contributed by atoms with Gasteiger partial charge in [0.25, 0.3) is 5.91 Å². The van der Waals surface area contributed by atoms with Crippen molar-refractivity contribution in [1.29, 1.82) is 0 Å². The number of nitrogens with one attached hydrogen (secondary N) is 1. The molecule has 1 atom stereocenters. The summed E-state index contributed by atoms with van der Waals surface area (Å²) in [4.78, 5) is 22.9. The van der Waals surface area contributed by atoms with E-state index >= 15 is 0 Å². The van der Waals surface area contributed by atoms with E-state index in [4.69, 9.17) is 9.52 Å². The Kier molecular flexibility index (Phi) is 5.51. The first-order valence-corrected chi connectivity index (χ1v) is 7.10. The summed E-state index contributed by atoms with van der Waals surface area (Å²) in [6.45, 7) is -1.22. The van der Waals surface area contributed by atoms with Gasteiger partial charge in [-0.05, 0) is 24.6 Å². The predicted octanol–water partition coefficient (Wildman–Crippen LogP) is 3.46. The van der Waals surface area contributed by atoms with Gasteiger partial charge in [0.2, 0.25) is 5.76 Å². The van der Waals surface area contributed by atoms with Gasteiger partial charge in [0.05, 0.1) is 6.04 Å². The van der Waals surface area contributed by atoms with E-state index in [2.05, 4.69) is 10.1 Å². The Labute approximate surface area is 136 Å². The van der Waals surface area contributed by atoms with Gasteiger partial charge in [-0.2, -0.15) is 8.78 Å². The largest absolute Gasteiger partial charge is 0.475 e. The highest BCUT2D eigenvalue weighted by Crippen LogP contribution is 2.28. The van der Waals surface area contributed by atoms with Crippen LogP contribution in [0, 0.1) is 0 Å². The number of furan rings is 1. The number of halogens is 2. The molecular weight excluding hydrogens is 324 g/mol. The van der Waals surface area contributed by atoms with Crippen molar-refractivity contribution in [2.45, 2.75) is 26.0 Å². The van der Waals surface area contributed by atoms with Crippen LogP contribution >= 0.6 is 0 Å². The third-order valence-corrected chi connectivity index (χ3v) is 3.26. The van der Waals surface area contributed by atoms with Gasteiger partial charge in [-0.3, -0.25) is 4.79 Å². The maximum absolute atomic E-state index is 12.5. The number of aromatic carboxylic acids is 1. The van der Waals surface area contributed by atoms with Crippen LogP contribution in [0.1, 0.15) is 46.1 Å². The first-order chi connectivity index (χ1) is 11.4. The molecule has 1 unspecified atom stereocenters. The molecule has 0 spiro atoms. The number of carbonyl (C=O) groups is 2. The topological polar surface area (TPSA) is 88.8 Å². The number of carboxylic acids is 1. The summed E-state index contributed by atoms with van der Waals surface area (Å²) in [5.74, 6) is -2.53. The number of rotatable bonds is 7. The van der Waals surface area contributed by atoms with E-state index < -0.39 is 24.5 Å². The van der Waals surface area contributed by atoms with Crippen molar-refractivity contribution in [2.24, 2.45) is 0 Å². The number of hydrogen-bond acceptors (Lipinski definition) is 4. The monoisotopic (exact) mass is 339 g/mol. The number of para-hydroxylation sites is 1. The van der Waals surface area contributed by atoms with Gasteiger partial charge in [-0.25, -0.2) is 4.79 Å². The molecule has 2 aromatic rings. The molecule has 0 saturated heterocycles. The van der Waals surface area contributed by atoms with Gasteiger partial charge in [0.15, 0.2) is 5.76 Å². The molecule has 2 N–H and O–H groups in total. The van der Waals surface area contributed by atoms with Crippen molar-refractivity contribution in [3.63, 3.8) is 0 Å². The van der Waals surface area contributed by atoms with E-state index in [9.17, 15) is 18.4 Å². The highest BCUT2D eigenvalue weighted by Gasteiger charge is 2.21. The standard InChI is InChI=1S/C16H15F2NO5/c1-2-10(9-5-3-4-6-11(9)24-16(17)18)19-14(20)12-7-8-13(23-12)15(21)22/h3-8,10,16H,2H2,1H3,(H,19,20)(H,21,22). The SMILES string of the molecule is CCC(NC(=O)c1ccc(C(=O)O)o1)c1ccccc1OC(F)F. The Bertz CT molecular complexity index is 729. The summed E-state index contributed by atoms with van der Waals surface area (Å²) in [5, 5.41) is 11.4. The second kappa shape index (κ2) is 7.58. The van der Waals surface area contributed by atoms with Crippen LogP contribution in [-0.2, 0) is 0 Å². The van der Waals surface area contributed by atoms with Crippen molar-refractivity contribution in [1.82, 2.24) is 5.32 Å². The van der Waals surface area contributed by atoms with E-state index in [1.54, 1.807) is 25.1 Å². The van der Waals surface area contributed by atoms with Gasteiger partial charge in [0, 0.05) is 5.56 Å². The second-order valence-corrected chi connectivity index (χ2v) is 4.82. The van der Waals surface area contributed by atoms with Crippen molar-refractivity contribution < 1.29 is 32.6 Å². The van der Waals surface area contributed by atoms with E-state index in [0.717, 1.165) is 6.07 Å². The number of hydrogen-bond donors (Lipinski definition) is 2. The number of benzene rings is 1. The molecule has 1 aromatic heterocycles. The molecule has 128 valence electrons. The summed E-state index contributed by atoms with van der Waals surface area (Å²) in [6, 6.07) is 7.91. The Morgan fingerprint density at radius 1 is 1.21 bits per heavy atom. The molecule has 1 heterocycles. The third-order valence-electron chi connectivity index (χ3n) is 3.26. The molecule has 1 aromatic carbocycles. The summed E-state index contributed by atoms with van der Waals surface area (Å²) >= 11 is 0. The molecule has 8 heteroatoms. The Hall–Kier alpha value is -2.90. The lowest BCUT2D eigenvalue weighted by Crippen LogP contribution is -2.28. The van der Waals surface area contributed by atoms with E-state index in [-0.39, 0.29) is 17.3 Å². The highest BCUT2D eigenvalue weighted by molar-refractivity contribution is 5.93. The average Bonchev–Trinajstić information content (AvgIpc) is 3.03. The van der Waals surface area contributed by atoms with Crippen LogP contribution in [0.3, 0.4) is 0 Å². The van der Waals surface area contributed by atoms with Crippen LogP contribution in [0.15, 0.2) is 40.8 Å². The van der Waals surface area contributed by atoms with Crippen molar-refractivity contribution in [3.8, 4) is 5.75 Å². The molecule has 1 amide bonds. The number of carboxylic acid groups (broad SMARTS) is 1. The molecule has 0 fully saturated rings. The fourth-order valence-corrected chi connectivity index (χ4v) is 2.18. The van der Waals surface area contributed by atoms with Gasteiger partial charge >= 0.3 is 12.6 Å². The normalized spacial score (nSPS) is 12.0. The maximum atomic E-state index is 12.5. The molecule has 0 radical (unpaired) electrons. The lowest BCUT2D eigenvalue weighted by Gasteiger charge is -2.20. The number of ether oxygens (including phenoxy) is 1. The minimum absolute atomic E-state index is 0.0367. The van der Waals surface area contributed by atoms with Crippen LogP contribution in [0.25, 0.3) is 0 Å². The van der Waals surface area contributed by atoms with E-state index in [1.165, 1.54) is 12.1 Å². The van der Waals surface area contributed by atoms with Crippen molar-refractivity contribution >= 4 is 11.9 Å². The van der Waals surface area contributed by atoms with Crippen LogP contribution in [-0.4, -0.2) is 23.6 Å². The van der Waals surface area contributed by atoms with Gasteiger partial charge in [-0.15, -0.1) is 0 Å². The molecule has 2 rings (SSSR count). The number of amides is 1. The number of alkyl halides is 2. The lowest BCUT2D eigenvalue weighted by molar-refractivity contribution is -0.0507. The highest BCUT2D eigenvalue weighted by atomic mass is 19.3. The fourth-order valence-electron chi connectivity index (χ4n) is 2.18. The first-order valence-electron chi connectivity index (χ1n) is 7.10. The first kappa shape index (κ1) is 17.5. The van der Waals surface area contributed by atoms with Crippen molar-refractivity contribution in [2.75, 3.05) is 0 Å². The van der Waals surface area contributed by atoms with Crippen molar-refractivity contribution in [3.05, 3.63) is 53.5 Å². The molecular formula is C16H15F2NO5. The zero-order valence-electron chi connectivity index (χ0n) is 12.7. The Morgan fingerprint density at radius 3 is 2.46 bits per heavy atom. The van der Waals surface area contributed by atoms with Crippen LogP contribution in [0.2, 0.25) is 0 Å². The minimum Gasteiger partial charge on any atom is -0.475 e. The molecule has 24 heavy (non-hydrogen) atoms. The maximum Gasteiger partial charge on any atom is 0.387 e. The Morgan fingerprint density at radius 2 is 1.88 bits per heavy atom. The molecule has 0 aliphatic heterocycles. The minimum atomic E-state index is -2.98. The number of carbonyl (C=O) groups excluding carboxylic acids is 1. The summed E-state index contributed by atoms with van der Waals surface area (Å²) < 4.78 is 34.4. The van der Waals surface area contributed by atoms with Gasteiger partial charge in [-0.1, -0.05) is 25.1 Å². The quantitative estimate of drug-likeness (QED) is 0.806. The lowest BCUT2D eigenvalue weighted by atomic mass is 10.0. The van der Waals surface area contributed by atoms with Crippen LogP contribution < -0.4 is 10.1 Å². The third kappa shape index (κ3) is 4.09. The Balaban J connectivity index is 2.19. The van der Waals surface area contributed by atoms with Crippen LogP contribution in [0.4, 0.5) is 8.78 Å². The molecule has 0 aliphatic rings.